The first-order chi connectivity index (χ1) is 9.13. The van der Waals surface area contributed by atoms with Crippen LogP contribution in [0.3, 0.4) is 0 Å². The van der Waals surface area contributed by atoms with Gasteiger partial charge in [0.25, 0.3) is 0 Å². The van der Waals surface area contributed by atoms with Crippen LogP contribution in [0.25, 0.3) is 0 Å². The molecule has 0 bridgehead atoms. The molecular weight excluding hydrogens is 310 g/mol. The number of rotatable bonds is 3. The molecule has 1 N–H and O–H groups in total. The highest BCUT2D eigenvalue weighted by atomic mass is 79.9. The molecule has 1 unspecified atom stereocenters. The van der Waals surface area contributed by atoms with Crippen molar-refractivity contribution >= 4 is 21.7 Å². The average molecular weight is 324 g/mol. The maximum Gasteiger partial charge on any atom is 0.129 e. The minimum Gasteiger partial charge on any atom is -0.387 e. The zero-order valence-corrected chi connectivity index (χ0v) is 12.0. The summed E-state index contributed by atoms with van der Waals surface area (Å²) >= 11 is 3.44. The van der Waals surface area contributed by atoms with Crippen LogP contribution in [0.2, 0.25) is 0 Å². The van der Waals surface area contributed by atoms with Gasteiger partial charge >= 0.3 is 0 Å². The smallest absolute Gasteiger partial charge is 0.129 e. The van der Waals surface area contributed by atoms with Crippen LogP contribution in [0.15, 0.2) is 29.0 Å². The Bertz CT molecular complexity index is 579. The molecule has 100 valence electrons. The second-order valence-electron chi connectivity index (χ2n) is 4.69. The van der Waals surface area contributed by atoms with E-state index in [1.807, 2.05) is 16.8 Å². The van der Waals surface area contributed by atoms with Crippen LogP contribution >= 0.6 is 15.9 Å². The molecule has 2 aromatic heterocycles. The van der Waals surface area contributed by atoms with Crippen molar-refractivity contribution in [3.63, 3.8) is 0 Å². The van der Waals surface area contributed by atoms with Crippen LogP contribution in [-0.2, 0) is 0 Å². The van der Waals surface area contributed by atoms with E-state index in [1.165, 1.54) is 0 Å². The molecule has 0 amide bonds. The van der Waals surface area contributed by atoms with Gasteiger partial charge in [-0.25, -0.2) is 9.67 Å². The van der Waals surface area contributed by atoms with Crippen molar-refractivity contribution in [1.82, 2.24) is 20.0 Å². The van der Waals surface area contributed by atoms with Gasteiger partial charge in [0.2, 0.25) is 0 Å². The summed E-state index contributed by atoms with van der Waals surface area (Å²) in [4.78, 5) is 6.51. The predicted octanol–water partition coefficient (Wildman–Crippen LogP) is 1.55. The molecule has 0 aromatic carbocycles. The fourth-order valence-corrected chi connectivity index (χ4v) is 2.36. The first-order valence-electron chi connectivity index (χ1n) is 6.10. The number of anilines is 1. The number of aliphatic hydroxyl groups excluding tert-OH is 1. The number of pyridine rings is 1. The summed E-state index contributed by atoms with van der Waals surface area (Å²) in [6.45, 7) is 3.39. The standard InChI is InChI=1S/C12H14BrN5O/c1-8(19)11-7-18(16-15-11)10-5-17(6-10)12-4-9(13)2-3-14-12/h2-4,7-8,10,19H,5-6H2,1H3. The maximum absolute atomic E-state index is 9.43. The Morgan fingerprint density at radius 1 is 1.47 bits per heavy atom. The Morgan fingerprint density at radius 3 is 2.89 bits per heavy atom. The molecular formula is C12H14BrN5O. The van der Waals surface area contributed by atoms with Gasteiger partial charge in [0.1, 0.15) is 11.5 Å². The molecule has 6 nitrogen and oxygen atoms in total. The Kier molecular flexibility index (Phi) is 3.24. The predicted molar refractivity (Wildman–Crippen MR) is 73.8 cm³/mol. The lowest BCUT2D eigenvalue weighted by Gasteiger charge is -2.39. The van der Waals surface area contributed by atoms with E-state index in [4.69, 9.17) is 0 Å². The van der Waals surface area contributed by atoms with E-state index in [0.29, 0.717) is 11.7 Å². The number of aromatic nitrogens is 4. The molecule has 0 aliphatic carbocycles. The Balaban J connectivity index is 1.66. The Labute approximate surface area is 119 Å². The Morgan fingerprint density at radius 2 is 2.26 bits per heavy atom. The van der Waals surface area contributed by atoms with Crippen molar-refractivity contribution < 1.29 is 5.11 Å². The highest BCUT2D eigenvalue weighted by Crippen LogP contribution is 2.27. The lowest BCUT2D eigenvalue weighted by molar-refractivity contribution is 0.194. The third kappa shape index (κ3) is 2.48. The van der Waals surface area contributed by atoms with E-state index in [1.54, 1.807) is 19.3 Å². The van der Waals surface area contributed by atoms with E-state index < -0.39 is 6.10 Å². The largest absolute Gasteiger partial charge is 0.387 e. The van der Waals surface area contributed by atoms with E-state index in [2.05, 4.69) is 36.1 Å². The molecule has 0 spiro atoms. The van der Waals surface area contributed by atoms with Gasteiger partial charge in [-0.1, -0.05) is 21.1 Å². The lowest BCUT2D eigenvalue weighted by Crippen LogP contribution is -2.48. The molecule has 7 heteroatoms. The van der Waals surface area contributed by atoms with Crippen molar-refractivity contribution in [3.8, 4) is 0 Å². The summed E-state index contributed by atoms with van der Waals surface area (Å²) in [7, 11) is 0. The molecule has 3 heterocycles. The molecule has 1 aliphatic heterocycles. The van der Waals surface area contributed by atoms with Gasteiger partial charge in [-0.2, -0.15) is 0 Å². The van der Waals surface area contributed by atoms with Crippen LogP contribution in [-0.4, -0.2) is 38.2 Å². The fraction of sp³-hybridized carbons (Fsp3) is 0.417. The number of nitrogens with zero attached hydrogens (tertiary/aromatic N) is 5. The van der Waals surface area contributed by atoms with Crippen LogP contribution in [0.4, 0.5) is 5.82 Å². The molecule has 1 fully saturated rings. The van der Waals surface area contributed by atoms with Gasteiger partial charge < -0.3 is 10.0 Å². The normalized spacial score (nSPS) is 17.3. The minimum atomic E-state index is -0.573. The maximum atomic E-state index is 9.43. The van der Waals surface area contributed by atoms with E-state index in [0.717, 1.165) is 23.4 Å². The third-order valence-corrected chi connectivity index (χ3v) is 3.72. The van der Waals surface area contributed by atoms with Crippen LogP contribution in [0.1, 0.15) is 24.8 Å². The fourth-order valence-electron chi connectivity index (χ4n) is 2.04. The number of hydrogen-bond acceptors (Lipinski definition) is 5. The molecule has 1 aliphatic rings. The van der Waals surface area contributed by atoms with E-state index in [9.17, 15) is 5.11 Å². The summed E-state index contributed by atoms with van der Waals surface area (Å²) in [6, 6.07) is 4.20. The van der Waals surface area contributed by atoms with Gasteiger partial charge in [0.05, 0.1) is 18.3 Å². The second kappa shape index (κ2) is 4.90. The Hall–Kier alpha value is -1.47. The van der Waals surface area contributed by atoms with Gasteiger partial charge in [0, 0.05) is 23.8 Å². The number of hydrogen-bond donors (Lipinski definition) is 1. The first-order valence-corrected chi connectivity index (χ1v) is 6.89. The summed E-state index contributed by atoms with van der Waals surface area (Å²) in [6.07, 6.45) is 3.02. The average Bonchev–Trinajstić information content (AvgIpc) is 2.76. The summed E-state index contributed by atoms with van der Waals surface area (Å²) in [5, 5.41) is 17.4. The summed E-state index contributed by atoms with van der Waals surface area (Å²) in [5.74, 6) is 0.960. The second-order valence-corrected chi connectivity index (χ2v) is 5.61. The van der Waals surface area contributed by atoms with Crippen LogP contribution < -0.4 is 4.90 Å². The molecule has 0 saturated carbocycles. The quantitative estimate of drug-likeness (QED) is 0.928. The van der Waals surface area contributed by atoms with Gasteiger partial charge in [-0.15, -0.1) is 5.10 Å². The number of halogens is 1. The first kappa shape index (κ1) is 12.6. The number of aliphatic hydroxyl groups is 1. The topological polar surface area (TPSA) is 67.1 Å². The zero-order chi connectivity index (χ0) is 13.4. The van der Waals surface area contributed by atoms with Crippen molar-refractivity contribution in [2.45, 2.75) is 19.1 Å². The minimum absolute atomic E-state index is 0.292. The summed E-state index contributed by atoms with van der Waals surface area (Å²) < 4.78 is 2.84. The lowest BCUT2D eigenvalue weighted by atomic mass is 10.1. The molecule has 3 rings (SSSR count). The zero-order valence-electron chi connectivity index (χ0n) is 10.4. The van der Waals surface area contributed by atoms with Gasteiger partial charge in [-0.05, 0) is 19.1 Å². The molecule has 2 aromatic rings. The van der Waals surface area contributed by atoms with Crippen LogP contribution in [0, 0.1) is 0 Å². The SMILES string of the molecule is CC(O)c1cn(C2CN(c3cc(Br)ccn3)C2)nn1. The monoisotopic (exact) mass is 323 g/mol. The van der Waals surface area contributed by atoms with E-state index >= 15 is 0 Å². The van der Waals surface area contributed by atoms with E-state index in [-0.39, 0.29) is 0 Å². The van der Waals surface area contributed by atoms with Crippen molar-refractivity contribution in [2.24, 2.45) is 0 Å². The summed E-state index contributed by atoms with van der Waals surface area (Å²) in [5.41, 5.74) is 0.610. The highest BCUT2D eigenvalue weighted by Gasteiger charge is 2.30. The molecule has 19 heavy (non-hydrogen) atoms. The van der Waals surface area contributed by atoms with Gasteiger partial charge in [0.15, 0.2) is 0 Å². The van der Waals surface area contributed by atoms with Crippen LogP contribution in [0.5, 0.6) is 0 Å². The van der Waals surface area contributed by atoms with Gasteiger partial charge in [-0.3, -0.25) is 0 Å². The molecule has 1 saturated heterocycles. The highest BCUT2D eigenvalue weighted by molar-refractivity contribution is 9.10. The van der Waals surface area contributed by atoms with Crippen molar-refractivity contribution in [3.05, 3.63) is 34.7 Å². The third-order valence-electron chi connectivity index (χ3n) is 3.22. The van der Waals surface area contributed by atoms with Crippen molar-refractivity contribution in [1.29, 1.82) is 0 Å². The molecule has 1 atom stereocenters. The molecule has 0 radical (unpaired) electrons. The van der Waals surface area contributed by atoms with Crippen molar-refractivity contribution in [2.75, 3.05) is 18.0 Å².